The van der Waals surface area contributed by atoms with Crippen LogP contribution in [0.1, 0.15) is 5.56 Å². The normalized spacial score (nSPS) is 11.8. The predicted octanol–water partition coefficient (Wildman–Crippen LogP) is 17.1. The highest BCUT2D eigenvalue weighted by molar-refractivity contribution is 7.98. The van der Waals surface area contributed by atoms with E-state index in [0.29, 0.717) is 0 Å². The Labute approximate surface area is 359 Å². The van der Waals surface area contributed by atoms with E-state index in [1.807, 2.05) is 0 Å². The van der Waals surface area contributed by atoms with Gasteiger partial charge in [-0.1, -0.05) is 127 Å². The highest BCUT2D eigenvalue weighted by atomic mass is 32.2. The van der Waals surface area contributed by atoms with Crippen LogP contribution in [0.2, 0.25) is 0 Å². The van der Waals surface area contributed by atoms with E-state index in [0.717, 1.165) is 34.1 Å². The molecule has 0 aliphatic rings. The maximum atomic E-state index is 2.39. The van der Waals surface area contributed by atoms with Crippen LogP contribution in [0, 0.1) is 6.92 Å². The van der Waals surface area contributed by atoms with Gasteiger partial charge in [0.15, 0.2) is 0 Å². The number of rotatable bonds is 8. The highest BCUT2D eigenvalue weighted by Crippen LogP contribution is 2.44. The summed E-state index contributed by atoms with van der Waals surface area (Å²) in [6, 6.07) is 76.6. The lowest BCUT2D eigenvalue weighted by molar-refractivity contribution is 1.27. The first-order chi connectivity index (χ1) is 30.1. The lowest BCUT2D eigenvalue weighted by atomic mass is 9.93. The van der Waals surface area contributed by atoms with Gasteiger partial charge >= 0.3 is 0 Å². The van der Waals surface area contributed by atoms with Crippen molar-refractivity contribution in [1.82, 2.24) is 0 Å². The van der Waals surface area contributed by atoms with Crippen molar-refractivity contribution in [2.75, 3.05) is 16.1 Å². The number of hydrogen-bond donors (Lipinski definition) is 0. The molecule has 0 bridgehead atoms. The molecule has 0 N–H and O–H groups in total. The minimum Gasteiger partial charge on any atom is -0.310 e. The number of nitrogens with zero attached hydrogens (tertiary/aromatic N) is 2. The standard InChI is InChI=1S/C58H40N2S/c1-37-9-23-48(24-10-37)59(52-33-44-15-11-40-5-3-6-41-12-16-45(34-52)57(44)55(40)41)49-25-19-38(20-26-49)39-21-27-50(28-22-39)60(51-29-31-54(61-2)32-30-51)53-35-46-17-13-42-7-4-8-43-14-18-47(36-53)58(46)56(42)43/h3-36H,1-2H3. The highest BCUT2D eigenvalue weighted by Gasteiger charge is 2.19. The zero-order valence-electron chi connectivity index (χ0n) is 33.9. The summed E-state index contributed by atoms with van der Waals surface area (Å²) in [5.41, 5.74) is 10.4. The average molecular weight is 797 g/mol. The topological polar surface area (TPSA) is 6.48 Å². The summed E-state index contributed by atoms with van der Waals surface area (Å²) in [5, 5.41) is 15.5. The molecule has 0 spiro atoms. The van der Waals surface area contributed by atoms with E-state index in [2.05, 4.69) is 229 Å². The third-order valence-corrected chi connectivity index (χ3v) is 13.4. The Morgan fingerprint density at radius 3 is 0.934 bits per heavy atom. The Balaban J connectivity index is 0.921. The van der Waals surface area contributed by atoms with Gasteiger partial charge in [-0.25, -0.2) is 0 Å². The second-order valence-corrected chi connectivity index (χ2v) is 17.1. The second-order valence-electron chi connectivity index (χ2n) is 16.3. The van der Waals surface area contributed by atoms with E-state index in [-0.39, 0.29) is 0 Å². The van der Waals surface area contributed by atoms with E-state index in [1.54, 1.807) is 11.8 Å². The molecule has 0 unspecified atom stereocenters. The Morgan fingerprint density at radius 1 is 0.295 bits per heavy atom. The van der Waals surface area contributed by atoms with Crippen molar-refractivity contribution < 1.29 is 0 Å². The Kier molecular flexibility index (Phi) is 8.26. The maximum absolute atomic E-state index is 2.39. The van der Waals surface area contributed by atoms with Crippen LogP contribution < -0.4 is 9.80 Å². The van der Waals surface area contributed by atoms with E-state index < -0.39 is 0 Å². The largest absolute Gasteiger partial charge is 0.310 e. The number of anilines is 6. The lowest BCUT2D eigenvalue weighted by Gasteiger charge is -2.27. The first-order valence-corrected chi connectivity index (χ1v) is 22.2. The molecule has 0 heterocycles. The average Bonchev–Trinajstić information content (AvgIpc) is 3.31. The first-order valence-electron chi connectivity index (χ1n) is 20.9. The molecular formula is C58H40N2S. The van der Waals surface area contributed by atoms with Crippen LogP contribution in [0.25, 0.3) is 75.8 Å². The quantitative estimate of drug-likeness (QED) is 0.112. The number of hydrogen-bond acceptors (Lipinski definition) is 3. The zero-order valence-corrected chi connectivity index (χ0v) is 34.7. The molecule has 0 aliphatic carbocycles. The van der Waals surface area contributed by atoms with Crippen LogP contribution in [-0.2, 0) is 0 Å². The summed E-state index contributed by atoms with van der Waals surface area (Å²) in [7, 11) is 0. The minimum atomic E-state index is 1.12. The Morgan fingerprint density at radius 2 is 0.590 bits per heavy atom. The molecule has 288 valence electrons. The fraction of sp³-hybridized carbons (Fsp3) is 0.0345. The van der Waals surface area contributed by atoms with Gasteiger partial charge in [0.2, 0.25) is 0 Å². The molecule has 61 heavy (non-hydrogen) atoms. The third-order valence-electron chi connectivity index (χ3n) is 12.6. The van der Waals surface area contributed by atoms with Crippen molar-refractivity contribution >= 4 is 111 Å². The smallest absolute Gasteiger partial charge is 0.0473 e. The molecule has 0 saturated heterocycles. The summed E-state index contributed by atoms with van der Waals surface area (Å²) in [6.45, 7) is 2.15. The molecule has 12 rings (SSSR count). The van der Waals surface area contributed by atoms with E-state index in [4.69, 9.17) is 0 Å². The van der Waals surface area contributed by atoms with Gasteiger partial charge in [-0.05, 0) is 174 Å². The fourth-order valence-corrected chi connectivity index (χ4v) is 10.1. The van der Waals surface area contributed by atoms with Crippen molar-refractivity contribution in [2.45, 2.75) is 11.8 Å². The fourth-order valence-electron chi connectivity index (χ4n) is 9.66. The van der Waals surface area contributed by atoms with Gasteiger partial charge in [0.25, 0.3) is 0 Å². The van der Waals surface area contributed by atoms with Crippen molar-refractivity contribution in [2.24, 2.45) is 0 Å². The molecule has 0 aliphatic heterocycles. The molecule has 12 aromatic carbocycles. The number of aryl methyl sites for hydroxylation is 1. The first kappa shape index (κ1) is 35.6. The van der Waals surface area contributed by atoms with Crippen LogP contribution in [0.3, 0.4) is 0 Å². The molecule has 0 radical (unpaired) electrons. The van der Waals surface area contributed by atoms with Crippen LogP contribution >= 0.6 is 11.8 Å². The zero-order chi connectivity index (χ0) is 40.6. The summed E-state index contributed by atoms with van der Waals surface area (Å²) in [5.74, 6) is 0. The molecule has 0 aromatic heterocycles. The van der Waals surface area contributed by atoms with Crippen molar-refractivity contribution in [3.8, 4) is 11.1 Å². The van der Waals surface area contributed by atoms with E-state index in [9.17, 15) is 0 Å². The third kappa shape index (κ3) is 5.96. The molecule has 3 heteroatoms. The number of thioether (sulfide) groups is 1. The van der Waals surface area contributed by atoms with E-state index in [1.165, 1.54) is 86.2 Å². The Bertz CT molecular complexity index is 3430. The molecule has 2 nitrogen and oxygen atoms in total. The molecular weight excluding hydrogens is 757 g/mol. The molecule has 0 saturated carbocycles. The minimum absolute atomic E-state index is 1.12. The lowest BCUT2D eigenvalue weighted by Crippen LogP contribution is -2.10. The van der Waals surface area contributed by atoms with Gasteiger partial charge in [-0.15, -0.1) is 11.8 Å². The molecule has 0 fully saturated rings. The van der Waals surface area contributed by atoms with Crippen molar-refractivity contribution in [1.29, 1.82) is 0 Å². The molecule has 12 aromatic rings. The van der Waals surface area contributed by atoms with Crippen LogP contribution in [0.4, 0.5) is 34.1 Å². The second kappa shape index (κ2) is 14.2. The van der Waals surface area contributed by atoms with Gasteiger partial charge < -0.3 is 9.80 Å². The molecule has 0 atom stereocenters. The van der Waals surface area contributed by atoms with Crippen LogP contribution in [0.5, 0.6) is 0 Å². The number of benzene rings is 12. The summed E-state index contributed by atoms with van der Waals surface area (Å²) < 4.78 is 0. The monoisotopic (exact) mass is 796 g/mol. The van der Waals surface area contributed by atoms with Crippen molar-refractivity contribution in [3.05, 3.63) is 212 Å². The van der Waals surface area contributed by atoms with Gasteiger partial charge in [0.05, 0.1) is 0 Å². The van der Waals surface area contributed by atoms with Gasteiger partial charge in [-0.2, -0.15) is 0 Å². The van der Waals surface area contributed by atoms with Gasteiger partial charge in [0, 0.05) is 39.0 Å². The van der Waals surface area contributed by atoms with Crippen LogP contribution in [0.15, 0.2) is 211 Å². The van der Waals surface area contributed by atoms with Crippen LogP contribution in [-0.4, -0.2) is 6.26 Å². The summed E-state index contributed by atoms with van der Waals surface area (Å²) in [4.78, 5) is 6.02. The predicted molar refractivity (Wildman–Crippen MR) is 265 cm³/mol. The van der Waals surface area contributed by atoms with E-state index >= 15 is 0 Å². The SMILES string of the molecule is CSc1ccc(N(c2ccc(-c3ccc(N(c4ccc(C)cc4)c4cc5ccc6cccc7ccc(c4)c5c67)cc3)cc2)c2cc3ccc4cccc5ccc(c2)c3c45)cc1. The van der Waals surface area contributed by atoms with Gasteiger partial charge in [0.1, 0.15) is 0 Å². The van der Waals surface area contributed by atoms with Crippen molar-refractivity contribution in [3.63, 3.8) is 0 Å². The van der Waals surface area contributed by atoms with Gasteiger partial charge in [-0.3, -0.25) is 0 Å². The Hall–Kier alpha value is -7.33. The summed E-state index contributed by atoms with van der Waals surface area (Å²) in [6.07, 6.45) is 2.13. The maximum Gasteiger partial charge on any atom is 0.0473 e. The molecule has 0 amide bonds. The summed E-state index contributed by atoms with van der Waals surface area (Å²) >= 11 is 1.77.